The Morgan fingerprint density at radius 1 is 1.18 bits per heavy atom. The maximum atomic E-state index is 14.8. The lowest BCUT2D eigenvalue weighted by Gasteiger charge is -2.13. The Morgan fingerprint density at radius 2 is 1.85 bits per heavy atom. The Balaban J connectivity index is 0.000000509. The summed E-state index contributed by atoms with van der Waals surface area (Å²) in [7, 11) is 0. The second kappa shape index (κ2) is 11.4. The number of carboxylic acid groups (broad SMARTS) is 1. The first kappa shape index (κ1) is 26.5. The van der Waals surface area contributed by atoms with Gasteiger partial charge in [0, 0.05) is 23.3 Å². The molecule has 0 unspecified atom stereocenters. The summed E-state index contributed by atoms with van der Waals surface area (Å²) in [6.45, 7) is -0.0593. The number of H-pyrrole nitrogens is 1. The zero-order chi connectivity index (χ0) is 25.5. The number of aromatic nitrogens is 1. The van der Waals surface area contributed by atoms with E-state index in [1.807, 2.05) is 6.07 Å². The molecule has 0 aliphatic heterocycles. The average molecular weight is 518 g/mol. The number of benzene rings is 2. The summed E-state index contributed by atoms with van der Waals surface area (Å²) >= 11 is 12.0. The molecule has 0 saturated carbocycles. The first-order valence-electron chi connectivity index (χ1n) is 8.99. The van der Waals surface area contributed by atoms with E-state index in [1.165, 1.54) is 30.3 Å². The monoisotopic (exact) mass is 517 g/mol. The summed E-state index contributed by atoms with van der Waals surface area (Å²) in [5.74, 6) is -3.88. The van der Waals surface area contributed by atoms with Gasteiger partial charge in [-0.1, -0.05) is 29.3 Å². The van der Waals surface area contributed by atoms with Crippen LogP contribution in [0.5, 0.6) is 11.5 Å². The summed E-state index contributed by atoms with van der Waals surface area (Å²) < 4.78 is 52.1. The minimum atomic E-state index is -5.08. The average Bonchev–Trinajstić information content (AvgIpc) is 3.30. The van der Waals surface area contributed by atoms with Gasteiger partial charge >= 0.3 is 12.1 Å². The number of aliphatic carboxylic acids is 1. The van der Waals surface area contributed by atoms with Gasteiger partial charge in [-0.25, -0.2) is 9.18 Å². The predicted molar refractivity (Wildman–Crippen MR) is 113 cm³/mol. The number of rotatable bonds is 5. The summed E-state index contributed by atoms with van der Waals surface area (Å²) in [6.07, 6.45) is -3.47. The van der Waals surface area contributed by atoms with Crippen LogP contribution in [0.2, 0.25) is 10.0 Å². The van der Waals surface area contributed by atoms with Crippen LogP contribution in [0.15, 0.2) is 48.7 Å². The standard InChI is InChI=1S/C19H12Cl2FN3O2.C2HF3O2/c20-13-6-11(9-23)7-14(8-13)27-18-15(21)4-3-12(17(18)22)10-25-19(26)16-2-1-5-24-16;3-2(4,5)1(6)7/h1-8,24H,10H2,(H,25,26);(H,6,7). The highest BCUT2D eigenvalue weighted by atomic mass is 35.5. The third-order valence-electron chi connectivity index (χ3n) is 3.87. The van der Waals surface area contributed by atoms with Gasteiger partial charge in [-0.2, -0.15) is 18.4 Å². The molecule has 0 atom stereocenters. The van der Waals surface area contributed by atoms with Crippen LogP contribution in [0, 0.1) is 17.1 Å². The number of carbonyl (C=O) groups is 2. The lowest BCUT2D eigenvalue weighted by Crippen LogP contribution is -2.23. The van der Waals surface area contributed by atoms with Crippen molar-refractivity contribution in [1.82, 2.24) is 10.3 Å². The van der Waals surface area contributed by atoms with Gasteiger partial charge in [0.2, 0.25) is 0 Å². The Kier molecular flexibility index (Phi) is 8.89. The van der Waals surface area contributed by atoms with Crippen molar-refractivity contribution in [2.45, 2.75) is 12.7 Å². The molecule has 1 aromatic heterocycles. The molecule has 0 aliphatic carbocycles. The van der Waals surface area contributed by atoms with Gasteiger partial charge in [0.15, 0.2) is 11.6 Å². The minimum Gasteiger partial charge on any atom is -0.475 e. The fourth-order valence-corrected chi connectivity index (χ4v) is 2.76. The lowest BCUT2D eigenvalue weighted by atomic mass is 10.2. The highest BCUT2D eigenvalue weighted by Crippen LogP contribution is 2.35. The van der Waals surface area contributed by atoms with Gasteiger partial charge in [-0.15, -0.1) is 0 Å². The van der Waals surface area contributed by atoms with Gasteiger partial charge in [0.1, 0.15) is 11.4 Å². The summed E-state index contributed by atoms with van der Waals surface area (Å²) in [4.78, 5) is 23.6. The number of amides is 1. The SMILES string of the molecule is N#Cc1cc(Cl)cc(Oc2c(Cl)ccc(CNC(=O)c3ccc[nH]3)c2F)c1.O=C(O)C(F)(F)F. The number of nitriles is 1. The highest BCUT2D eigenvalue weighted by Gasteiger charge is 2.38. The second-order valence-corrected chi connectivity index (χ2v) is 7.15. The van der Waals surface area contributed by atoms with E-state index in [9.17, 15) is 22.4 Å². The molecule has 0 saturated heterocycles. The van der Waals surface area contributed by atoms with Crippen LogP contribution in [0.3, 0.4) is 0 Å². The first-order chi connectivity index (χ1) is 15.9. The van der Waals surface area contributed by atoms with Crippen LogP contribution in [-0.2, 0) is 11.3 Å². The smallest absolute Gasteiger partial charge is 0.475 e. The summed E-state index contributed by atoms with van der Waals surface area (Å²) in [5.41, 5.74) is 0.823. The van der Waals surface area contributed by atoms with Gasteiger partial charge < -0.3 is 20.1 Å². The molecular weight excluding hydrogens is 505 g/mol. The highest BCUT2D eigenvalue weighted by molar-refractivity contribution is 6.32. The molecule has 3 aromatic rings. The third kappa shape index (κ3) is 7.40. The molecule has 0 aliphatic rings. The number of nitrogens with zero attached hydrogens (tertiary/aromatic N) is 1. The van der Waals surface area contributed by atoms with Crippen molar-refractivity contribution < 1.29 is 37.0 Å². The van der Waals surface area contributed by atoms with E-state index >= 15 is 0 Å². The molecule has 0 bridgehead atoms. The molecule has 0 spiro atoms. The third-order valence-corrected chi connectivity index (χ3v) is 4.39. The number of carbonyl (C=O) groups excluding carboxylic acids is 1. The number of hydrogen-bond donors (Lipinski definition) is 3. The zero-order valence-electron chi connectivity index (χ0n) is 16.7. The number of ether oxygens (including phenoxy) is 1. The normalized spacial score (nSPS) is 10.5. The van der Waals surface area contributed by atoms with Gasteiger partial charge in [-0.3, -0.25) is 4.79 Å². The molecule has 34 heavy (non-hydrogen) atoms. The zero-order valence-corrected chi connectivity index (χ0v) is 18.2. The molecular formula is C21H13Cl2F4N3O4. The van der Waals surface area contributed by atoms with Crippen molar-refractivity contribution in [2.75, 3.05) is 0 Å². The van der Waals surface area contributed by atoms with E-state index in [2.05, 4.69) is 10.3 Å². The maximum Gasteiger partial charge on any atom is 0.490 e. The van der Waals surface area contributed by atoms with Gasteiger partial charge in [0.25, 0.3) is 5.91 Å². The van der Waals surface area contributed by atoms with E-state index in [0.717, 1.165) is 0 Å². The van der Waals surface area contributed by atoms with Crippen LogP contribution in [0.1, 0.15) is 21.6 Å². The minimum absolute atomic E-state index is 0.0467. The first-order valence-corrected chi connectivity index (χ1v) is 9.75. The second-order valence-electron chi connectivity index (χ2n) is 6.31. The lowest BCUT2D eigenvalue weighted by molar-refractivity contribution is -0.192. The summed E-state index contributed by atoms with van der Waals surface area (Å²) in [6, 6.07) is 12.5. The quantitative estimate of drug-likeness (QED) is 0.376. The van der Waals surface area contributed by atoms with Crippen LogP contribution in [0.25, 0.3) is 0 Å². The van der Waals surface area contributed by atoms with Crippen molar-refractivity contribution in [3.05, 3.63) is 81.3 Å². The van der Waals surface area contributed by atoms with Crippen LogP contribution >= 0.6 is 23.2 Å². The van der Waals surface area contributed by atoms with E-state index < -0.39 is 18.0 Å². The van der Waals surface area contributed by atoms with Crippen LogP contribution in [0.4, 0.5) is 17.6 Å². The number of halogens is 6. The van der Waals surface area contributed by atoms with Crippen LogP contribution in [-0.4, -0.2) is 28.1 Å². The van der Waals surface area contributed by atoms with Gasteiger partial charge in [-0.05, 0) is 36.4 Å². The van der Waals surface area contributed by atoms with E-state index in [4.69, 9.17) is 43.1 Å². The van der Waals surface area contributed by atoms with Gasteiger partial charge in [0.05, 0.1) is 16.7 Å². The number of aromatic amines is 1. The molecule has 3 N–H and O–H groups in total. The Bertz CT molecular complexity index is 1230. The van der Waals surface area contributed by atoms with Crippen molar-refractivity contribution in [1.29, 1.82) is 5.26 Å². The largest absolute Gasteiger partial charge is 0.490 e. The molecule has 13 heteroatoms. The van der Waals surface area contributed by atoms with Crippen molar-refractivity contribution >= 4 is 35.1 Å². The van der Waals surface area contributed by atoms with E-state index in [-0.39, 0.29) is 45.1 Å². The Labute approximate surface area is 199 Å². The van der Waals surface area contributed by atoms with Crippen molar-refractivity contribution in [3.63, 3.8) is 0 Å². The molecule has 178 valence electrons. The molecule has 7 nitrogen and oxygen atoms in total. The number of nitrogens with one attached hydrogen (secondary N) is 2. The van der Waals surface area contributed by atoms with Crippen LogP contribution < -0.4 is 10.1 Å². The molecule has 3 rings (SSSR count). The Hall–Kier alpha value is -3.75. The number of alkyl halides is 3. The Morgan fingerprint density at radius 3 is 2.41 bits per heavy atom. The van der Waals surface area contributed by atoms with Crippen molar-refractivity contribution in [3.8, 4) is 17.6 Å². The predicted octanol–water partition coefficient (Wildman–Crippen LogP) is 5.69. The number of carboxylic acids is 1. The molecule has 1 heterocycles. The molecule has 0 radical (unpaired) electrons. The van der Waals surface area contributed by atoms with E-state index in [1.54, 1.807) is 18.3 Å². The topological polar surface area (TPSA) is 115 Å². The fraction of sp³-hybridized carbons (Fsp3) is 0.0952. The van der Waals surface area contributed by atoms with Crippen molar-refractivity contribution in [2.24, 2.45) is 0 Å². The molecule has 0 fully saturated rings. The fourth-order valence-electron chi connectivity index (χ4n) is 2.35. The molecule has 2 aromatic carbocycles. The van der Waals surface area contributed by atoms with E-state index in [0.29, 0.717) is 5.69 Å². The number of hydrogen-bond acceptors (Lipinski definition) is 4. The maximum absolute atomic E-state index is 14.8. The molecule has 1 amide bonds. The summed E-state index contributed by atoms with van der Waals surface area (Å²) in [5, 5.41) is 19.1.